The van der Waals surface area contributed by atoms with Crippen molar-refractivity contribution in [2.75, 3.05) is 13.1 Å². The summed E-state index contributed by atoms with van der Waals surface area (Å²) in [5, 5.41) is 15.0. The number of amides is 2. The molecule has 6 nitrogen and oxygen atoms in total. The van der Waals surface area contributed by atoms with Gasteiger partial charge in [0, 0.05) is 30.6 Å². The zero-order valence-electron chi connectivity index (χ0n) is 12.3. The van der Waals surface area contributed by atoms with E-state index in [2.05, 4.69) is 10.3 Å². The average Bonchev–Trinajstić information content (AvgIpc) is 2.97. The van der Waals surface area contributed by atoms with Gasteiger partial charge in [-0.2, -0.15) is 0 Å². The first kappa shape index (κ1) is 15.8. The molecule has 0 bridgehead atoms. The van der Waals surface area contributed by atoms with Gasteiger partial charge in [0.25, 0.3) is 0 Å². The second kappa shape index (κ2) is 6.89. The van der Waals surface area contributed by atoms with Crippen LogP contribution in [0.3, 0.4) is 0 Å². The van der Waals surface area contributed by atoms with Gasteiger partial charge in [-0.1, -0.05) is 13.8 Å². The van der Waals surface area contributed by atoms with E-state index < -0.39 is 12.0 Å². The van der Waals surface area contributed by atoms with Crippen LogP contribution >= 0.6 is 11.3 Å². The van der Waals surface area contributed by atoms with Crippen LogP contribution in [0.1, 0.15) is 37.6 Å². The molecule has 1 aromatic heterocycles. The third-order valence-electron chi connectivity index (χ3n) is 3.88. The first-order valence-electron chi connectivity index (χ1n) is 7.17. The number of carboxylic acid groups (broad SMARTS) is 1. The second-order valence-electron chi connectivity index (χ2n) is 5.55. The van der Waals surface area contributed by atoms with E-state index in [1.165, 1.54) is 4.90 Å². The first-order valence-corrected chi connectivity index (χ1v) is 8.05. The molecular formula is C14H21N3O3S. The van der Waals surface area contributed by atoms with E-state index in [0.717, 1.165) is 17.8 Å². The molecule has 2 amide bonds. The number of rotatable bonds is 4. The molecule has 7 heteroatoms. The fourth-order valence-corrected chi connectivity index (χ4v) is 3.40. The lowest BCUT2D eigenvalue weighted by Gasteiger charge is -2.37. The molecule has 116 valence electrons. The highest BCUT2D eigenvalue weighted by atomic mass is 32.1. The van der Waals surface area contributed by atoms with E-state index in [1.807, 2.05) is 19.2 Å². The molecule has 1 aromatic rings. The van der Waals surface area contributed by atoms with Crippen LogP contribution in [-0.4, -0.2) is 46.1 Å². The minimum Gasteiger partial charge on any atom is -0.480 e. The Labute approximate surface area is 128 Å². The smallest absolute Gasteiger partial charge is 0.326 e. The quantitative estimate of drug-likeness (QED) is 0.892. The zero-order valence-corrected chi connectivity index (χ0v) is 13.1. The van der Waals surface area contributed by atoms with E-state index >= 15 is 0 Å². The maximum absolute atomic E-state index is 12.3. The van der Waals surface area contributed by atoms with E-state index in [0.29, 0.717) is 13.1 Å². The van der Waals surface area contributed by atoms with Crippen molar-refractivity contribution in [1.29, 1.82) is 0 Å². The number of carbonyl (C=O) groups excluding carboxylic acids is 1. The lowest BCUT2D eigenvalue weighted by molar-refractivity contribution is -0.145. The Hall–Kier alpha value is -1.63. The Bertz CT molecular complexity index is 492. The molecule has 1 aliphatic heterocycles. The van der Waals surface area contributed by atoms with Crippen molar-refractivity contribution >= 4 is 23.3 Å². The van der Waals surface area contributed by atoms with Crippen LogP contribution < -0.4 is 5.32 Å². The molecule has 21 heavy (non-hydrogen) atoms. The van der Waals surface area contributed by atoms with Gasteiger partial charge in [0.05, 0.1) is 5.01 Å². The van der Waals surface area contributed by atoms with Crippen LogP contribution in [0.2, 0.25) is 0 Å². The number of aromatic nitrogens is 1. The van der Waals surface area contributed by atoms with Crippen molar-refractivity contribution < 1.29 is 14.7 Å². The lowest BCUT2D eigenvalue weighted by Crippen LogP contribution is -2.55. The molecule has 0 aromatic carbocycles. The van der Waals surface area contributed by atoms with Gasteiger partial charge >= 0.3 is 12.0 Å². The maximum atomic E-state index is 12.3. The Morgan fingerprint density at radius 2 is 2.38 bits per heavy atom. The highest BCUT2D eigenvalue weighted by Gasteiger charge is 2.37. The molecule has 0 spiro atoms. The SMILES string of the molecule is CC(CNC(=O)N1CCCC(C)C1C(=O)O)c1nccs1. The van der Waals surface area contributed by atoms with Crippen LogP contribution in [0.15, 0.2) is 11.6 Å². The molecular weight excluding hydrogens is 290 g/mol. The highest BCUT2D eigenvalue weighted by Crippen LogP contribution is 2.24. The van der Waals surface area contributed by atoms with Gasteiger partial charge in [-0.3, -0.25) is 0 Å². The topological polar surface area (TPSA) is 82.5 Å². The largest absolute Gasteiger partial charge is 0.480 e. The number of thiazole rings is 1. The van der Waals surface area contributed by atoms with E-state index in [1.54, 1.807) is 17.5 Å². The number of aliphatic carboxylic acids is 1. The monoisotopic (exact) mass is 311 g/mol. The Balaban J connectivity index is 1.93. The summed E-state index contributed by atoms with van der Waals surface area (Å²) in [5.41, 5.74) is 0. The molecule has 2 N–H and O–H groups in total. The number of hydrogen-bond donors (Lipinski definition) is 2. The summed E-state index contributed by atoms with van der Waals surface area (Å²) >= 11 is 1.55. The molecule has 3 unspecified atom stereocenters. The number of carboxylic acids is 1. The molecule has 2 heterocycles. The highest BCUT2D eigenvalue weighted by molar-refractivity contribution is 7.09. The van der Waals surface area contributed by atoms with Gasteiger partial charge in [0.1, 0.15) is 6.04 Å². The number of carbonyl (C=O) groups is 2. The van der Waals surface area contributed by atoms with Gasteiger partial charge in [-0.15, -0.1) is 11.3 Å². The van der Waals surface area contributed by atoms with Crippen LogP contribution in [0.5, 0.6) is 0 Å². The van der Waals surface area contributed by atoms with Crippen molar-refractivity contribution in [2.24, 2.45) is 5.92 Å². The summed E-state index contributed by atoms with van der Waals surface area (Å²) < 4.78 is 0. The molecule has 1 fully saturated rings. The summed E-state index contributed by atoms with van der Waals surface area (Å²) in [5.74, 6) is -0.817. The number of hydrogen-bond acceptors (Lipinski definition) is 4. The maximum Gasteiger partial charge on any atom is 0.326 e. The third-order valence-corrected chi connectivity index (χ3v) is 4.89. The van der Waals surface area contributed by atoms with Crippen molar-refractivity contribution in [2.45, 2.75) is 38.6 Å². The summed E-state index contributed by atoms with van der Waals surface area (Å²) in [6, 6.07) is -1.02. The normalized spacial score (nSPS) is 23.6. The summed E-state index contributed by atoms with van der Waals surface area (Å²) in [6.07, 6.45) is 3.43. The summed E-state index contributed by atoms with van der Waals surface area (Å²) in [6.45, 7) is 4.84. The lowest BCUT2D eigenvalue weighted by atomic mass is 9.91. The van der Waals surface area contributed by atoms with Crippen LogP contribution in [0.4, 0.5) is 4.79 Å². The molecule has 1 aliphatic rings. The molecule has 0 radical (unpaired) electrons. The minimum absolute atomic E-state index is 0.0154. The fourth-order valence-electron chi connectivity index (χ4n) is 2.70. The molecule has 0 saturated carbocycles. The van der Waals surface area contributed by atoms with E-state index in [4.69, 9.17) is 0 Å². The predicted molar refractivity (Wildman–Crippen MR) is 80.5 cm³/mol. The van der Waals surface area contributed by atoms with Gasteiger partial charge in [0.2, 0.25) is 0 Å². The Kier molecular flexibility index (Phi) is 5.17. The molecule has 1 saturated heterocycles. The minimum atomic E-state index is -0.926. The third kappa shape index (κ3) is 3.72. The molecule has 2 rings (SSSR count). The van der Waals surface area contributed by atoms with Crippen molar-refractivity contribution in [1.82, 2.24) is 15.2 Å². The van der Waals surface area contributed by atoms with Crippen LogP contribution in [-0.2, 0) is 4.79 Å². The Morgan fingerprint density at radius 3 is 3.00 bits per heavy atom. The number of piperidine rings is 1. The summed E-state index contributed by atoms with van der Waals surface area (Å²) in [4.78, 5) is 29.3. The number of likely N-dealkylation sites (tertiary alicyclic amines) is 1. The predicted octanol–water partition coefficient (Wildman–Crippen LogP) is 2.14. The van der Waals surface area contributed by atoms with E-state index in [9.17, 15) is 14.7 Å². The van der Waals surface area contributed by atoms with Gasteiger partial charge in [0.15, 0.2) is 0 Å². The number of urea groups is 1. The molecule has 0 aliphatic carbocycles. The van der Waals surface area contributed by atoms with Gasteiger partial charge in [-0.25, -0.2) is 14.6 Å². The second-order valence-corrected chi connectivity index (χ2v) is 6.48. The van der Waals surface area contributed by atoms with E-state index in [-0.39, 0.29) is 17.9 Å². The van der Waals surface area contributed by atoms with Gasteiger partial charge < -0.3 is 15.3 Å². The standard InChI is InChI=1S/C14H21N3O3S/c1-9-4-3-6-17(11(9)13(18)19)14(20)16-8-10(2)12-15-5-7-21-12/h5,7,9-11H,3-4,6,8H2,1-2H3,(H,16,20)(H,18,19). The van der Waals surface area contributed by atoms with Crippen molar-refractivity contribution in [3.63, 3.8) is 0 Å². The van der Waals surface area contributed by atoms with Crippen LogP contribution in [0, 0.1) is 5.92 Å². The van der Waals surface area contributed by atoms with Crippen molar-refractivity contribution in [3.05, 3.63) is 16.6 Å². The average molecular weight is 311 g/mol. The van der Waals surface area contributed by atoms with Gasteiger partial charge in [-0.05, 0) is 18.8 Å². The van der Waals surface area contributed by atoms with Crippen molar-refractivity contribution in [3.8, 4) is 0 Å². The summed E-state index contributed by atoms with van der Waals surface area (Å²) in [7, 11) is 0. The van der Waals surface area contributed by atoms with Crippen LogP contribution in [0.25, 0.3) is 0 Å². The Morgan fingerprint density at radius 1 is 1.62 bits per heavy atom. The molecule has 3 atom stereocenters. The number of nitrogens with one attached hydrogen (secondary N) is 1. The number of nitrogens with zero attached hydrogens (tertiary/aromatic N) is 2. The first-order chi connectivity index (χ1) is 10.0. The fraction of sp³-hybridized carbons (Fsp3) is 0.643. The zero-order chi connectivity index (χ0) is 15.4.